The summed E-state index contributed by atoms with van der Waals surface area (Å²) in [6.45, 7) is 0.700. The second-order valence-corrected chi connectivity index (χ2v) is 7.25. The Balaban J connectivity index is 1.97. The normalized spacial score (nSPS) is 11.8. The first kappa shape index (κ1) is 19.7. The lowest BCUT2D eigenvalue weighted by Crippen LogP contribution is -2.17. The molecule has 0 radical (unpaired) electrons. The molecule has 0 unspecified atom stereocenters. The van der Waals surface area contributed by atoms with Gasteiger partial charge in [0.05, 0.1) is 13.3 Å². The molecule has 0 aliphatic rings. The number of halogens is 3. The number of methoxy groups -OCH3 is 1. The number of ether oxygens (including phenoxy) is 2. The van der Waals surface area contributed by atoms with Gasteiger partial charge in [-0.1, -0.05) is 6.07 Å². The summed E-state index contributed by atoms with van der Waals surface area (Å²) in [4.78, 5) is 7.68. The highest BCUT2D eigenvalue weighted by Crippen LogP contribution is 2.30. The summed E-state index contributed by atoms with van der Waals surface area (Å²) in [6, 6.07) is 4.16. The fourth-order valence-corrected chi connectivity index (χ4v) is 3.59. The van der Waals surface area contributed by atoms with Gasteiger partial charge in [0.15, 0.2) is 17.5 Å². The van der Waals surface area contributed by atoms with Crippen molar-refractivity contribution in [2.75, 3.05) is 18.4 Å². The van der Waals surface area contributed by atoms with Crippen LogP contribution < -0.4 is 14.2 Å². The van der Waals surface area contributed by atoms with Gasteiger partial charge in [-0.2, -0.15) is 13.4 Å². The van der Waals surface area contributed by atoms with Crippen LogP contribution in [0.3, 0.4) is 0 Å². The number of nitrogens with one attached hydrogen (secondary N) is 1. The minimum Gasteiger partial charge on any atom is -0.479 e. The van der Waals surface area contributed by atoms with Gasteiger partial charge in [0.25, 0.3) is 22.3 Å². The van der Waals surface area contributed by atoms with Gasteiger partial charge in [-0.25, -0.2) is 18.2 Å². The Labute approximate surface area is 158 Å². The molecule has 1 N–H and O–H groups in total. The van der Waals surface area contributed by atoms with Crippen LogP contribution in [0.5, 0.6) is 11.8 Å². The molecule has 8 nitrogen and oxygen atoms in total. The van der Waals surface area contributed by atoms with Gasteiger partial charge in [-0.3, -0.25) is 9.12 Å². The number of anilines is 1. The van der Waals surface area contributed by atoms with E-state index in [1.54, 1.807) is 19.1 Å². The van der Waals surface area contributed by atoms with E-state index in [4.69, 9.17) is 4.74 Å². The maximum atomic E-state index is 14.1. The fourth-order valence-electron chi connectivity index (χ4n) is 2.45. The Morgan fingerprint density at radius 3 is 2.75 bits per heavy atom. The fraction of sp³-hybridized carbons (Fsp3) is 0.250. The Hall–Kier alpha value is -3.02. The molecule has 3 rings (SSSR count). The summed E-state index contributed by atoms with van der Waals surface area (Å²) in [6.07, 6.45) is -0.161. The van der Waals surface area contributed by atoms with Crippen LogP contribution in [0.25, 0.3) is 5.65 Å². The lowest BCUT2D eigenvalue weighted by Gasteiger charge is -2.13. The predicted octanol–water partition coefficient (Wildman–Crippen LogP) is 2.63. The number of alkyl halides is 2. The molecule has 0 bridgehead atoms. The van der Waals surface area contributed by atoms with Crippen molar-refractivity contribution in [1.82, 2.24) is 14.4 Å². The van der Waals surface area contributed by atoms with Crippen LogP contribution in [0.4, 0.5) is 18.9 Å². The number of rotatable bonds is 7. The molecule has 0 amide bonds. The van der Waals surface area contributed by atoms with Crippen LogP contribution in [0, 0.1) is 12.7 Å². The van der Waals surface area contributed by atoms with Gasteiger partial charge in [0, 0.05) is 12.3 Å². The molecule has 3 aromatic rings. The Bertz CT molecular complexity index is 1120. The van der Waals surface area contributed by atoms with Gasteiger partial charge in [0.1, 0.15) is 11.3 Å². The molecular weight excluding hydrogens is 401 g/mol. The van der Waals surface area contributed by atoms with Crippen LogP contribution in [-0.2, 0) is 10.0 Å². The van der Waals surface area contributed by atoms with Gasteiger partial charge in [0.2, 0.25) is 5.88 Å². The Morgan fingerprint density at radius 2 is 2.07 bits per heavy atom. The molecule has 12 heteroatoms. The lowest BCUT2D eigenvalue weighted by molar-refractivity contribution is 0.0770. The van der Waals surface area contributed by atoms with E-state index in [9.17, 15) is 21.6 Å². The summed E-state index contributed by atoms with van der Waals surface area (Å²) >= 11 is 0. The Morgan fingerprint density at radius 1 is 1.32 bits per heavy atom. The average Bonchev–Trinajstić information content (AvgIpc) is 3.07. The topological polar surface area (TPSA) is 94.8 Å². The monoisotopic (exact) mass is 416 g/mol. The van der Waals surface area contributed by atoms with E-state index in [2.05, 4.69) is 19.4 Å². The maximum Gasteiger partial charge on any atom is 0.279 e. The molecule has 0 spiro atoms. The summed E-state index contributed by atoms with van der Waals surface area (Å²) < 4.78 is 77.1. The van der Waals surface area contributed by atoms with E-state index >= 15 is 0 Å². The highest BCUT2D eigenvalue weighted by Gasteiger charge is 2.24. The van der Waals surface area contributed by atoms with Gasteiger partial charge >= 0.3 is 0 Å². The molecular formula is C16H15F3N4O4S. The van der Waals surface area contributed by atoms with Crippen LogP contribution in [0.15, 0.2) is 35.6 Å². The number of aryl methyl sites for hydroxylation is 1. The summed E-state index contributed by atoms with van der Waals surface area (Å²) in [5.74, 6) is -2.21. The second kappa shape index (κ2) is 7.54. The zero-order valence-corrected chi connectivity index (χ0v) is 15.5. The summed E-state index contributed by atoms with van der Waals surface area (Å²) in [7, 11) is -3.04. The minimum absolute atomic E-state index is 0.188. The second-order valence-electron chi connectivity index (χ2n) is 5.62. The van der Waals surface area contributed by atoms with E-state index in [1.807, 2.05) is 0 Å². The highest BCUT2D eigenvalue weighted by molar-refractivity contribution is 7.92. The number of pyridine rings is 2. The summed E-state index contributed by atoms with van der Waals surface area (Å²) in [5.41, 5.74) is 0.872. The first-order valence-corrected chi connectivity index (χ1v) is 9.32. The zero-order chi connectivity index (χ0) is 20.5. The van der Waals surface area contributed by atoms with Crippen molar-refractivity contribution in [3.8, 4) is 11.8 Å². The molecule has 0 aliphatic heterocycles. The van der Waals surface area contributed by atoms with Crippen molar-refractivity contribution in [3.05, 3.63) is 42.0 Å². The van der Waals surface area contributed by atoms with E-state index < -0.39 is 34.8 Å². The third kappa shape index (κ3) is 3.81. The number of hydrogen-bond donors (Lipinski definition) is 1. The van der Waals surface area contributed by atoms with Crippen LogP contribution in [0.1, 0.15) is 5.56 Å². The number of imidazole rings is 1. The molecule has 150 valence electrons. The third-order valence-electron chi connectivity index (χ3n) is 3.66. The molecule has 0 atom stereocenters. The van der Waals surface area contributed by atoms with Crippen molar-refractivity contribution >= 4 is 21.4 Å². The lowest BCUT2D eigenvalue weighted by atomic mass is 10.3. The van der Waals surface area contributed by atoms with E-state index in [0.29, 0.717) is 5.65 Å². The van der Waals surface area contributed by atoms with Gasteiger partial charge in [-0.05, 0) is 18.6 Å². The van der Waals surface area contributed by atoms with E-state index in [0.717, 1.165) is 24.9 Å². The molecule has 0 fully saturated rings. The average molecular weight is 416 g/mol. The van der Waals surface area contributed by atoms with Crippen molar-refractivity contribution in [1.29, 1.82) is 0 Å². The van der Waals surface area contributed by atoms with Crippen molar-refractivity contribution in [2.45, 2.75) is 18.4 Å². The number of fused-ring (bicyclic) bond motifs is 1. The van der Waals surface area contributed by atoms with Gasteiger partial charge < -0.3 is 9.47 Å². The molecule has 0 saturated carbocycles. The standard InChI is InChI=1S/C16H15F3N4O4S/c1-9-4-3-5-23-13(7-20-14(9)23)28(24,25)22-11-6-10(17)15(21-16(11)26-2)27-8-12(18)19/h3-7,12,22H,8H2,1-2H3. The molecule has 28 heavy (non-hydrogen) atoms. The third-order valence-corrected chi connectivity index (χ3v) is 5.01. The quantitative estimate of drug-likeness (QED) is 0.636. The van der Waals surface area contributed by atoms with E-state index in [1.165, 1.54) is 10.6 Å². The minimum atomic E-state index is -4.20. The number of aromatic nitrogens is 3. The molecule has 0 aromatic carbocycles. The summed E-state index contributed by atoms with van der Waals surface area (Å²) in [5, 5.41) is -0.188. The van der Waals surface area contributed by atoms with Crippen molar-refractivity contribution < 1.29 is 31.1 Å². The highest BCUT2D eigenvalue weighted by atomic mass is 32.2. The number of hydrogen-bond acceptors (Lipinski definition) is 6. The van der Waals surface area contributed by atoms with Gasteiger partial charge in [-0.15, -0.1) is 0 Å². The smallest absolute Gasteiger partial charge is 0.279 e. The first-order valence-electron chi connectivity index (χ1n) is 7.84. The molecule has 3 aromatic heterocycles. The SMILES string of the molecule is COc1nc(OCC(F)F)c(F)cc1NS(=O)(=O)c1cnc2c(C)cccn12. The van der Waals surface area contributed by atoms with Crippen LogP contribution >= 0.6 is 0 Å². The largest absolute Gasteiger partial charge is 0.479 e. The maximum absolute atomic E-state index is 14.1. The number of nitrogens with zero attached hydrogens (tertiary/aromatic N) is 3. The Kier molecular flexibility index (Phi) is 5.31. The first-order chi connectivity index (χ1) is 13.2. The predicted molar refractivity (Wildman–Crippen MR) is 93.0 cm³/mol. The van der Waals surface area contributed by atoms with E-state index in [-0.39, 0.29) is 16.6 Å². The van der Waals surface area contributed by atoms with Crippen LogP contribution in [-0.4, -0.2) is 42.9 Å². The van der Waals surface area contributed by atoms with Crippen molar-refractivity contribution in [3.63, 3.8) is 0 Å². The molecule has 0 saturated heterocycles. The molecule has 0 aliphatic carbocycles. The van der Waals surface area contributed by atoms with Crippen LogP contribution in [0.2, 0.25) is 0 Å². The van der Waals surface area contributed by atoms with Crippen molar-refractivity contribution in [2.24, 2.45) is 0 Å². The zero-order valence-electron chi connectivity index (χ0n) is 14.7. The molecule has 3 heterocycles. The number of sulfonamides is 1.